The van der Waals surface area contributed by atoms with Crippen LogP contribution >= 0.6 is 0 Å². The van der Waals surface area contributed by atoms with Crippen LogP contribution < -0.4 is 10.6 Å². The Bertz CT molecular complexity index is 1340. The molecule has 0 atom stereocenters. The van der Waals surface area contributed by atoms with Crippen LogP contribution in [0.3, 0.4) is 0 Å². The van der Waals surface area contributed by atoms with Gasteiger partial charge in [0, 0.05) is 24.7 Å². The van der Waals surface area contributed by atoms with Crippen LogP contribution in [-0.2, 0) is 6.54 Å². The number of rotatable bonds is 5. The SMILES string of the molecule is Nc1c2c(-c3cccc(F)c3)nc(N3CCC(N4CCCCC4)CC3)nc2nn1Cc1ccccc1. The van der Waals surface area contributed by atoms with Gasteiger partial charge in [-0.05, 0) is 56.5 Å². The molecule has 0 amide bonds. The average Bonchev–Trinajstić information content (AvgIpc) is 3.24. The van der Waals surface area contributed by atoms with Crippen molar-refractivity contribution in [1.29, 1.82) is 0 Å². The minimum atomic E-state index is -0.307. The van der Waals surface area contributed by atoms with E-state index >= 15 is 0 Å². The Hall–Kier alpha value is -3.52. The summed E-state index contributed by atoms with van der Waals surface area (Å²) in [5.74, 6) is 0.824. The second kappa shape index (κ2) is 9.85. The van der Waals surface area contributed by atoms with Gasteiger partial charge in [-0.25, -0.2) is 14.1 Å². The number of hydrogen-bond acceptors (Lipinski definition) is 6. The molecule has 0 unspecified atom stereocenters. The van der Waals surface area contributed by atoms with Crippen molar-refractivity contribution in [1.82, 2.24) is 24.6 Å². The number of nitrogen functional groups attached to an aromatic ring is 1. The third-order valence-electron chi connectivity index (χ3n) is 7.56. The highest BCUT2D eigenvalue weighted by Gasteiger charge is 2.28. The van der Waals surface area contributed by atoms with Gasteiger partial charge in [0.25, 0.3) is 0 Å². The highest BCUT2D eigenvalue weighted by Crippen LogP contribution is 2.33. The fraction of sp³-hybridized carbons (Fsp3) is 0.393. The van der Waals surface area contributed by atoms with Crippen LogP contribution in [0.25, 0.3) is 22.3 Å². The fourth-order valence-electron chi connectivity index (χ4n) is 5.62. The van der Waals surface area contributed by atoms with Crippen molar-refractivity contribution >= 4 is 22.8 Å². The van der Waals surface area contributed by atoms with Gasteiger partial charge in [-0.1, -0.05) is 48.9 Å². The maximum absolute atomic E-state index is 14.2. The predicted molar refractivity (Wildman–Crippen MR) is 141 cm³/mol. The molecule has 2 saturated heterocycles. The van der Waals surface area contributed by atoms with E-state index in [0.717, 1.165) is 31.5 Å². The van der Waals surface area contributed by atoms with Crippen molar-refractivity contribution in [2.24, 2.45) is 0 Å². The molecule has 0 spiro atoms. The quantitative estimate of drug-likeness (QED) is 0.441. The van der Waals surface area contributed by atoms with Crippen LogP contribution in [-0.4, -0.2) is 56.9 Å². The normalized spacial score (nSPS) is 17.6. The van der Waals surface area contributed by atoms with Crippen molar-refractivity contribution in [2.45, 2.75) is 44.7 Å². The summed E-state index contributed by atoms with van der Waals surface area (Å²) in [6.45, 7) is 4.76. The van der Waals surface area contributed by atoms with E-state index in [9.17, 15) is 4.39 Å². The zero-order valence-corrected chi connectivity index (χ0v) is 20.5. The maximum atomic E-state index is 14.2. The van der Waals surface area contributed by atoms with Gasteiger partial charge in [0.15, 0.2) is 5.65 Å². The summed E-state index contributed by atoms with van der Waals surface area (Å²) in [5, 5.41) is 5.44. The lowest BCUT2D eigenvalue weighted by molar-refractivity contribution is 0.141. The van der Waals surface area contributed by atoms with Crippen molar-refractivity contribution in [3.05, 3.63) is 66.0 Å². The Balaban J connectivity index is 1.35. The summed E-state index contributed by atoms with van der Waals surface area (Å²) in [6.07, 6.45) is 6.17. The third-order valence-corrected chi connectivity index (χ3v) is 7.56. The number of anilines is 2. The van der Waals surface area contributed by atoms with E-state index in [0.29, 0.717) is 46.6 Å². The summed E-state index contributed by atoms with van der Waals surface area (Å²) in [7, 11) is 0. The van der Waals surface area contributed by atoms with Gasteiger partial charge < -0.3 is 15.5 Å². The van der Waals surface area contributed by atoms with Crippen molar-refractivity contribution in [3.8, 4) is 11.3 Å². The summed E-state index contributed by atoms with van der Waals surface area (Å²) in [6, 6.07) is 17.2. The Morgan fingerprint density at radius 2 is 1.67 bits per heavy atom. The number of halogens is 1. The molecule has 186 valence electrons. The summed E-state index contributed by atoms with van der Waals surface area (Å²) in [4.78, 5) is 14.7. The molecule has 2 aromatic carbocycles. The Morgan fingerprint density at radius 1 is 0.889 bits per heavy atom. The number of aromatic nitrogens is 4. The molecular formula is C28H32FN7. The molecule has 2 aliphatic heterocycles. The summed E-state index contributed by atoms with van der Waals surface area (Å²) in [5.41, 5.74) is 9.55. The number of benzene rings is 2. The van der Waals surface area contributed by atoms with Crippen molar-refractivity contribution in [2.75, 3.05) is 36.8 Å². The molecule has 7 nitrogen and oxygen atoms in total. The van der Waals surface area contributed by atoms with Gasteiger partial charge in [-0.3, -0.25) is 0 Å². The molecule has 6 rings (SSSR count). The maximum Gasteiger partial charge on any atom is 0.228 e. The second-order valence-corrected chi connectivity index (χ2v) is 9.92. The molecule has 2 N–H and O–H groups in total. The van der Waals surface area contributed by atoms with E-state index in [-0.39, 0.29) is 5.82 Å². The Kier molecular flexibility index (Phi) is 6.27. The molecule has 0 saturated carbocycles. The Morgan fingerprint density at radius 3 is 2.42 bits per heavy atom. The molecule has 2 fully saturated rings. The van der Waals surface area contributed by atoms with Gasteiger partial charge in [-0.15, -0.1) is 5.10 Å². The van der Waals surface area contributed by atoms with Gasteiger partial charge in [-0.2, -0.15) is 4.98 Å². The minimum Gasteiger partial charge on any atom is -0.383 e. The van der Waals surface area contributed by atoms with Crippen LogP contribution in [0.1, 0.15) is 37.7 Å². The molecular weight excluding hydrogens is 453 g/mol. The van der Waals surface area contributed by atoms with Crippen LogP contribution in [0.2, 0.25) is 0 Å². The topological polar surface area (TPSA) is 76.1 Å². The predicted octanol–water partition coefficient (Wildman–Crippen LogP) is 4.72. The highest BCUT2D eigenvalue weighted by atomic mass is 19.1. The lowest BCUT2D eigenvalue weighted by Crippen LogP contribution is -2.47. The molecule has 2 aromatic heterocycles. The molecule has 0 aliphatic carbocycles. The number of likely N-dealkylation sites (tertiary alicyclic amines) is 1. The van der Waals surface area contributed by atoms with Crippen molar-refractivity contribution in [3.63, 3.8) is 0 Å². The lowest BCUT2D eigenvalue weighted by atomic mass is 10.00. The van der Waals surface area contributed by atoms with Crippen LogP contribution in [0.4, 0.5) is 16.2 Å². The molecule has 4 heterocycles. The number of nitrogens with zero attached hydrogens (tertiary/aromatic N) is 6. The molecule has 0 radical (unpaired) electrons. The largest absolute Gasteiger partial charge is 0.383 e. The zero-order valence-electron chi connectivity index (χ0n) is 20.5. The highest BCUT2D eigenvalue weighted by molar-refractivity contribution is 5.99. The second-order valence-electron chi connectivity index (χ2n) is 9.92. The van der Waals surface area contributed by atoms with E-state index in [4.69, 9.17) is 20.8 Å². The van der Waals surface area contributed by atoms with Crippen LogP contribution in [0, 0.1) is 5.82 Å². The first kappa shape index (κ1) is 22.9. The van der Waals surface area contributed by atoms with E-state index in [1.807, 2.05) is 36.4 Å². The lowest BCUT2D eigenvalue weighted by Gasteiger charge is -2.40. The van der Waals surface area contributed by atoms with Gasteiger partial charge in [0.05, 0.1) is 17.6 Å². The fourth-order valence-corrected chi connectivity index (χ4v) is 5.62. The molecule has 0 bridgehead atoms. The number of fused-ring (bicyclic) bond motifs is 1. The number of piperidine rings is 2. The first-order valence-electron chi connectivity index (χ1n) is 13.0. The van der Waals surface area contributed by atoms with E-state index in [2.05, 4.69) is 9.80 Å². The molecule has 36 heavy (non-hydrogen) atoms. The van der Waals surface area contributed by atoms with Gasteiger partial charge in [0.2, 0.25) is 5.95 Å². The smallest absolute Gasteiger partial charge is 0.228 e. The van der Waals surface area contributed by atoms with Crippen LogP contribution in [0.15, 0.2) is 54.6 Å². The van der Waals surface area contributed by atoms with Gasteiger partial charge in [0.1, 0.15) is 11.6 Å². The summed E-state index contributed by atoms with van der Waals surface area (Å²) < 4.78 is 16.0. The van der Waals surface area contributed by atoms with E-state index in [1.54, 1.807) is 10.7 Å². The molecule has 2 aliphatic rings. The number of hydrogen-bond donors (Lipinski definition) is 1. The van der Waals surface area contributed by atoms with E-state index < -0.39 is 0 Å². The van der Waals surface area contributed by atoms with E-state index in [1.165, 1.54) is 44.5 Å². The summed E-state index contributed by atoms with van der Waals surface area (Å²) >= 11 is 0. The molecule has 4 aromatic rings. The average molecular weight is 486 g/mol. The van der Waals surface area contributed by atoms with Crippen molar-refractivity contribution < 1.29 is 4.39 Å². The van der Waals surface area contributed by atoms with Gasteiger partial charge >= 0.3 is 0 Å². The third kappa shape index (κ3) is 4.53. The van der Waals surface area contributed by atoms with Crippen LogP contribution in [0.5, 0.6) is 0 Å². The minimum absolute atomic E-state index is 0.307. The first-order valence-corrected chi connectivity index (χ1v) is 13.0. The zero-order chi connectivity index (χ0) is 24.5. The number of nitrogens with two attached hydrogens (primary N) is 1. The first-order chi connectivity index (χ1) is 17.7. The Labute approximate surface area is 210 Å². The molecule has 8 heteroatoms. The standard InChI is InChI=1S/C28H32FN7/c29-22-11-7-10-21(18-22)25-24-26(30)36(19-20-8-3-1-4-9-20)33-27(24)32-28(31-25)35-16-12-23(13-17-35)34-14-5-2-6-15-34/h1,3-4,7-11,18,23H,2,5-6,12-17,19,30H2. The monoisotopic (exact) mass is 485 g/mol.